The molecule has 1 N–H and O–H groups in total. The van der Waals surface area contributed by atoms with Crippen LogP contribution < -0.4 is 10.1 Å². The molecule has 0 aliphatic carbocycles. The van der Waals surface area contributed by atoms with E-state index in [0.717, 1.165) is 5.69 Å². The van der Waals surface area contributed by atoms with Gasteiger partial charge in [-0.2, -0.15) is 5.26 Å². The van der Waals surface area contributed by atoms with E-state index in [9.17, 15) is 4.39 Å². The van der Waals surface area contributed by atoms with Crippen LogP contribution in [0.2, 0.25) is 0 Å². The number of benzene rings is 1. The van der Waals surface area contributed by atoms with Crippen LogP contribution in [0.5, 0.6) is 5.75 Å². The average Bonchev–Trinajstić information content (AvgIpc) is 2.27. The molecule has 1 rings (SSSR count). The number of nitrogens with one attached hydrogen (secondary N) is 1. The quantitative estimate of drug-likeness (QED) is 0.826. The second-order valence-electron chi connectivity index (χ2n) is 3.26. The first-order chi connectivity index (χ1) is 7.17. The topological polar surface area (TPSA) is 45.0 Å². The standard InChI is InChI=1S/C11H13FN2O/c1-8(6-13)7-14-9-3-4-10(12)11(5-9)15-2/h3-5,8,14H,7H2,1-2H3. The molecule has 0 saturated carbocycles. The summed E-state index contributed by atoms with van der Waals surface area (Å²) < 4.78 is 17.9. The number of nitrogens with zero attached hydrogens (tertiary/aromatic N) is 1. The SMILES string of the molecule is COc1cc(NCC(C)C#N)ccc1F. The number of halogens is 1. The van der Waals surface area contributed by atoms with Gasteiger partial charge in [0.25, 0.3) is 0 Å². The zero-order valence-electron chi connectivity index (χ0n) is 8.75. The molecule has 0 spiro atoms. The minimum Gasteiger partial charge on any atom is -0.494 e. The van der Waals surface area contributed by atoms with Crippen LogP contribution in [-0.2, 0) is 0 Å². The first kappa shape index (κ1) is 11.3. The molecule has 0 fully saturated rings. The number of rotatable bonds is 4. The third-order valence-corrected chi connectivity index (χ3v) is 1.98. The summed E-state index contributed by atoms with van der Waals surface area (Å²) in [7, 11) is 1.42. The van der Waals surface area contributed by atoms with Gasteiger partial charge in [-0.1, -0.05) is 0 Å². The zero-order chi connectivity index (χ0) is 11.3. The van der Waals surface area contributed by atoms with Crippen LogP contribution in [0.15, 0.2) is 18.2 Å². The molecule has 1 atom stereocenters. The Bertz CT molecular complexity index is 373. The lowest BCUT2D eigenvalue weighted by Gasteiger charge is -2.09. The summed E-state index contributed by atoms with van der Waals surface area (Å²) in [5.41, 5.74) is 0.746. The number of anilines is 1. The molecule has 1 aromatic rings. The van der Waals surface area contributed by atoms with Crippen molar-refractivity contribution in [3.05, 3.63) is 24.0 Å². The summed E-state index contributed by atoms with van der Waals surface area (Å²) in [5.74, 6) is -0.276. The highest BCUT2D eigenvalue weighted by Crippen LogP contribution is 2.21. The van der Waals surface area contributed by atoms with Crippen LogP contribution in [-0.4, -0.2) is 13.7 Å². The molecule has 1 aromatic carbocycles. The van der Waals surface area contributed by atoms with Crippen molar-refractivity contribution >= 4 is 5.69 Å². The highest BCUT2D eigenvalue weighted by atomic mass is 19.1. The number of nitriles is 1. The van der Waals surface area contributed by atoms with Crippen molar-refractivity contribution in [1.82, 2.24) is 0 Å². The van der Waals surface area contributed by atoms with Gasteiger partial charge in [-0.3, -0.25) is 0 Å². The first-order valence-corrected chi connectivity index (χ1v) is 4.64. The smallest absolute Gasteiger partial charge is 0.165 e. The number of ether oxygens (including phenoxy) is 1. The van der Waals surface area contributed by atoms with Gasteiger partial charge < -0.3 is 10.1 Å². The van der Waals surface area contributed by atoms with Gasteiger partial charge in [-0.15, -0.1) is 0 Å². The second-order valence-corrected chi connectivity index (χ2v) is 3.26. The van der Waals surface area contributed by atoms with Crippen molar-refractivity contribution in [1.29, 1.82) is 5.26 Å². The van der Waals surface area contributed by atoms with Crippen LogP contribution in [0.25, 0.3) is 0 Å². The Balaban J connectivity index is 2.67. The van der Waals surface area contributed by atoms with E-state index in [0.29, 0.717) is 6.54 Å². The molecule has 0 aliphatic rings. The first-order valence-electron chi connectivity index (χ1n) is 4.64. The van der Waals surface area contributed by atoms with Gasteiger partial charge in [0, 0.05) is 18.3 Å². The van der Waals surface area contributed by atoms with E-state index in [4.69, 9.17) is 10.00 Å². The highest BCUT2D eigenvalue weighted by molar-refractivity contribution is 5.48. The van der Waals surface area contributed by atoms with Crippen molar-refractivity contribution in [3.63, 3.8) is 0 Å². The van der Waals surface area contributed by atoms with Crippen LogP contribution in [0.4, 0.5) is 10.1 Å². The Morgan fingerprint density at radius 2 is 2.33 bits per heavy atom. The molecule has 0 aromatic heterocycles. The molecule has 0 heterocycles. The van der Waals surface area contributed by atoms with Gasteiger partial charge in [0.15, 0.2) is 11.6 Å². The molecule has 0 bridgehead atoms. The molecular formula is C11H13FN2O. The summed E-state index contributed by atoms with van der Waals surface area (Å²) in [4.78, 5) is 0. The fourth-order valence-corrected chi connectivity index (χ4v) is 1.09. The summed E-state index contributed by atoms with van der Waals surface area (Å²) >= 11 is 0. The number of hydrogen-bond acceptors (Lipinski definition) is 3. The largest absolute Gasteiger partial charge is 0.494 e. The Morgan fingerprint density at radius 3 is 2.93 bits per heavy atom. The summed E-state index contributed by atoms with van der Waals surface area (Å²) in [6.07, 6.45) is 0. The van der Waals surface area contributed by atoms with E-state index >= 15 is 0 Å². The molecule has 80 valence electrons. The molecular weight excluding hydrogens is 195 g/mol. The Kier molecular flexibility index (Phi) is 3.92. The molecule has 4 heteroatoms. The molecule has 1 unspecified atom stereocenters. The molecule has 15 heavy (non-hydrogen) atoms. The predicted molar refractivity (Wildman–Crippen MR) is 56.2 cm³/mol. The lowest BCUT2D eigenvalue weighted by Crippen LogP contribution is -2.09. The van der Waals surface area contributed by atoms with Crippen molar-refractivity contribution in [2.24, 2.45) is 5.92 Å². The third-order valence-electron chi connectivity index (χ3n) is 1.98. The molecule has 3 nitrogen and oxygen atoms in total. The van der Waals surface area contributed by atoms with Crippen molar-refractivity contribution in [3.8, 4) is 11.8 Å². The molecule has 0 saturated heterocycles. The number of hydrogen-bond donors (Lipinski definition) is 1. The van der Waals surface area contributed by atoms with E-state index in [-0.39, 0.29) is 11.7 Å². The van der Waals surface area contributed by atoms with Crippen LogP contribution in [0, 0.1) is 23.1 Å². The zero-order valence-corrected chi connectivity index (χ0v) is 8.75. The monoisotopic (exact) mass is 208 g/mol. The van der Waals surface area contributed by atoms with E-state index in [1.807, 2.05) is 6.92 Å². The second kappa shape index (κ2) is 5.20. The predicted octanol–water partition coefficient (Wildman–Crippen LogP) is 2.41. The maximum absolute atomic E-state index is 13.0. The van der Waals surface area contributed by atoms with Crippen LogP contribution >= 0.6 is 0 Å². The van der Waals surface area contributed by atoms with Crippen molar-refractivity contribution in [2.75, 3.05) is 19.0 Å². The van der Waals surface area contributed by atoms with Crippen LogP contribution in [0.3, 0.4) is 0 Å². The van der Waals surface area contributed by atoms with Gasteiger partial charge in [0.2, 0.25) is 0 Å². The summed E-state index contributed by atoms with van der Waals surface area (Å²) in [5, 5.41) is 11.6. The summed E-state index contributed by atoms with van der Waals surface area (Å²) in [6.45, 7) is 2.35. The molecule has 0 amide bonds. The highest BCUT2D eigenvalue weighted by Gasteiger charge is 2.04. The Labute approximate surface area is 88.5 Å². The third kappa shape index (κ3) is 3.13. The van der Waals surface area contributed by atoms with E-state index < -0.39 is 5.82 Å². The summed E-state index contributed by atoms with van der Waals surface area (Å²) in [6, 6.07) is 6.62. The average molecular weight is 208 g/mol. The lowest BCUT2D eigenvalue weighted by molar-refractivity contribution is 0.387. The van der Waals surface area contributed by atoms with E-state index in [1.54, 1.807) is 12.1 Å². The maximum Gasteiger partial charge on any atom is 0.165 e. The van der Waals surface area contributed by atoms with Crippen molar-refractivity contribution in [2.45, 2.75) is 6.92 Å². The lowest BCUT2D eigenvalue weighted by atomic mass is 10.2. The fourth-order valence-electron chi connectivity index (χ4n) is 1.09. The minimum atomic E-state index is -0.392. The van der Waals surface area contributed by atoms with Gasteiger partial charge in [-0.05, 0) is 19.1 Å². The molecule has 0 radical (unpaired) electrons. The minimum absolute atomic E-state index is 0.0824. The fraction of sp³-hybridized carbons (Fsp3) is 0.364. The Morgan fingerprint density at radius 1 is 1.60 bits per heavy atom. The maximum atomic E-state index is 13.0. The molecule has 0 aliphatic heterocycles. The van der Waals surface area contributed by atoms with Gasteiger partial charge in [0.05, 0.1) is 19.1 Å². The van der Waals surface area contributed by atoms with E-state index in [2.05, 4.69) is 11.4 Å². The van der Waals surface area contributed by atoms with E-state index in [1.165, 1.54) is 13.2 Å². The van der Waals surface area contributed by atoms with Gasteiger partial charge in [-0.25, -0.2) is 4.39 Å². The van der Waals surface area contributed by atoms with Gasteiger partial charge in [0.1, 0.15) is 0 Å². The normalized spacial score (nSPS) is 11.6. The Hall–Kier alpha value is -1.76. The van der Waals surface area contributed by atoms with Crippen molar-refractivity contribution < 1.29 is 9.13 Å². The van der Waals surface area contributed by atoms with Gasteiger partial charge >= 0.3 is 0 Å². The van der Waals surface area contributed by atoms with Crippen LogP contribution in [0.1, 0.15) is 6.92 Å². The number of methoxy groups -OCH3 is 1.